The molecule has 0 radical (unpaired) electrons. The highest BCUT2D eigenvalue weighted by Gasteiger charge is 1.92. The van der Waals surface area contributed by atoms with Gasteiger partial charge in [-0.3, -0.25) is 4.98 Å². The van der Waals surface area contributed by atoms with Crippen LogP contribution in [0.25, 0.3) is 0 Å². The van der Waals surface area contributed by atoms with Crippen molar-refractivity contribution in [2.75, 3.05) is 13.7 Å². The summed E-state index contributed by atoms with van der Waals surface area (Å²) in [4.78, 5) is 4.33. The Balaban J connectivity index is 2.56. The summed E-state index contributed by atoms with van der Waals surface area (Å²) in [7, 11) is 3.70. The number of ether oxygens (including phenoxy) is 1. The van der Waals surface area contributed by atoms with Crippen molar-refractivity contribution in [3.05, 3.63) is 23.9 Å². The fourth-order valence-electron chi connectivity index (χ4n) is 0.945. The van der Waals surface area contributed by atoms with Crippen molar-refractivity contribution in [1.29, 1.82) is 0 Å². The van der Waals surface area contributed by atoms with E-state index in [0.29, 0.717) is 0 Å². The number of methoxy groups -OCH3 is 1. The molecule has 3 heteroatoms. The van der Waals surface area contributed by atoms with Crippen LogP contribution < -0.4 is 5.59 Å². The number of aromatic nitrogens is 1. The van der Waals surface area contributed by atoms with E-state index in [-0.39, 0.29) is 0 Å². The molecule has 0 aliphatic carbocycles. The van der Waals surface area contributed by atoms with E-state index in [9.17, 15) is 0 Å². The number of pyridine rings is 1. The van der Waals surface area contributed by atoms with Gasteiger partial charge in [0.2, 0.25) is 0 Å². The molecule has 0 N–H and O–H groups in total. The predicted molar refractivity (Wildman–Crippen MR) is 48.0 cm³/mol. The summed E-state index contributed by atoms with van der Waals surface area (Å²) in [6, 6.07) is 6.04. The van der Waals surface area contributed by atoms with E-state index in [2.05, 4.69) is 4.98 Å². The maximum absolute atomic E-state index is 4.95. The Hall–Kier alpha value is -0.825. The molecule has 0 fully saturated rings. The first-order valence-corrected chi connectivity index (χ1v) is 3.74. The second kappa shape index (κ2) is 4.14. The quantitative estimate of drug-likeness (QED) is 0.542. The fourth-order valence-corrected chi connectivity index (χ4v) is 0.945. The van der Waals surface area contributed by atoms with E-state index in [0.717, 1.165) is 24.3 Å². The zero-order valence-electron chi connectivity index (χ0n) is 7.00. The summed E-state index contributed by atoms with van der Waals surface area (Å²) in [5.74, 6) is 0. The third-order valence-electron chi connectivity index (χ3n) is 1.51. The summed E-state index contributed by atoms with van der Waals surface area (Å²) in [5.41, 5.74) is 2.17. The molecule has 0 unspecified atom stereocenters. The Labute approximate surface area is 68.0 Å². The molecule has 0 aliphatic rings. The van der Waals surface area contributed by atoms with Crippen LogP contribution in [0, 0.1) is 0 Å². The van der Waals surface area contributed by atoms with Gasteiger partial charge in [-0.25, -0.2) is 0 Å². The largest absolute Gasteiger partial charge is 0.384 e. The molecule has 0 saturated carbocycles. The van der Waals surface area contributed by atoms with Crippen LogP contribution in [0.1, 0.15) is 5.69 Å². The first kappa shape index (κ1) is 8.27. The number of nitrogens with zero attached hydrogens (tertiary/aromatic N) is 1. The Morgan fingerprint density at radius 3 is 3.00 bits per heavy atom. The van der Waals surface area contributed by atoms with Crippen molar-refractivity contribution in [2.24, 2.45) is 0 Å². The fraction of sp³-hybridized carbons (Fsp3) is 0.375. The van der Waals surface area contributed by atoms with Crippen LogP contribution in [0.3, 0.4) is 0 Å². The summed E-state index contributed by atoms with van der Waals surface area (Å²) in [6.07, 6.45) is 0.901. The number of rotatable bonds is 3. The van der Waals surface area contributed by atoms with Gasteiger partial charge in [0.1, 0.15) is 0 Å². The van der Waals surface area contributed by atoms with E-state index < -0.39 is 0 Å². The monoisotopic (exact) mass is 149 g/mol. The summed E-state index contributed by atoms with van der Waals surface area (Å²) < 4.78 is 4.95. The minimum atomic E-state index is 0.746. The van der Waals surface area contributed by atoms with Crippen molar-refractivity contribution in [3.63, 3.8) is 0 Å². The van der Waals surface area contributed by atoms with E-state index in [4.69, 9.17) is 4.74 Å². The van der Waals surface area contributed by atoms with Crippen LogP contribution in [0.4, 0.5) is 0 Å². The Morgan fingerprint density at radius 1 is 1.55 bits per heavy atom. The first-order chi connectivity index (χ1) is 5.33. The summed E-state index contributed by atoms with van der Waals surface area (Å²) in [5, 5.41) is 0. The molecule has 0 aromatic carbocycles. The molecule has 58 valence electrons. The van der Waals surface area contributed by atoms with E-state index in [1.807, 2.05) is 26.0 Å². The van der Waals surface area contributed by atoms with Crippen molar-refractivity contribution in [1.82, 2.24) is 4.98 Å². The van der Waals surface area contributed by atoms with Crippen LogP contribution in [-0.2, 0) is 11.2 Å². The molecule has 1 rings (SSSR count). The molecule has 0 amide bonds. The highest BCUT2D eigenvalue weighted by atomic mass is 16.5. The number of hydrogen-bond acceptors (Lipinski definition) is 2. The molecule has 0 spiro atoms. The molecular weight excluding hydrogens is 137 g/mol. The van der Waals surface area contributed by atoms with E-state index in [1.165, 1.54) is 0 Å². The normalized spacial score (nSPS) is 9.91. The van der Waals surface area contributed by atoms with Crippen LogP contribution in [0.2, 0.25) is 0 Å². The minimum absolute atomic E-state index is 0.746. The Bertz CT molecular complexity index is 227. The predicted octanol–water partition coefficient (Wildman–Crippen LogP) is -0.471. The van der Waals surface area contributed by atoms with Gasteiger partial charge in [-0.1, -0.05) is 12.1 Å². The van der Waals surface area contributed by atoms with Gasteiger partial charge in [0.25, 0.3) is 0 Å². The third-order valence-corrected chi connectivity index (χ3v) is 1.51. The Morgan fingerprint density at radius 2 is 2.36 bits per heavy atom. The molecule has 0 atom stereocenters. The van der Waals surface area contributed by atoms with Gasteiger partial charge in [0, 0.05) is 19.2 Å². The van der Waals surface area contributed by atoms with Gasteiger partial charge in [-0.05, 0) is 11.7 Å². The lowest BCUT2D eigenvalue weighted by molar-refractivity contribution is 0.201. The number of hydrogen-bond donors (Lipinski definition) is 0. The lowest BCUT2D eigenvalue weighted by atomic mass is 10.0. The zero-order valence-corrected chi connectivity index (χ0v) is 7.00. The zero-order chi connectivity index (χ0) is 8.10. The van der Waals surface area contributed by atoms with E-state index >= 15 is 0 Å². The average molecular weight is 149 g/mol. The molecule has 0 bridgehead atoms. The Kier molecular flexibility index (Phi) is 3.11. The molecule has 2 nitrogen and oxygen atoms in total. The molecule has 1 aromatic heterocycles. The molecular formula is C8H12BNO. The minimum Gasteiger partial charge on any atom is -0.384 e. The summed E-state index contributed by atoms with van der Waals surface area (Å²) in [6.45, 7) is 0.746. The van der Waals surface area contributed by atoms with Crippen molar-refractivity contribution < 1.29 is 4.74 Å². The second-order valence-electron chi connectivity index (χ2n) is 2.51. The molecule has 0 aliphatic heterocycles. The van der Waals surface area contributed by atoms with Gasteiger partial charge < -0.3 is 4.74 Å². The second-order valence-corrected chi connectivity index (χ2v) is 2.51. The topological polar surface area (TPSA) is 22.1 Å². The maximum atomic E-state index is 4.95. The molecule has 0 saturated heterocycles. The van der Waals surface area contributed by atoms with Crippen LogP contribution in [0.15, 0.2) is 18.2 Å². The van der Waals surface area contributed by atoms with Crippen LogP contribution >= 0.6 is 0 Å². The molecule has 11 heavy (non-hydrogen) atoms. The maximum Gasteiger partial charge on any atom is 0.163 e. The molecule has 1 heterocycles. The van der Waals surface area contributed by atoms with Gasteiger partial charge in [0.05, 0.1) is 6.61 Å². The lowest BCUT2D eigenvalue weighted by Crippen LogP contribution is -2.10. The SMILES string of the molecule is Bc1cccc(CCOC)n1. The van der Waals surface area contributed by atoms with Crippen molar-refractivity contribution in [2.45, 2.75) is 6.42 Å². The van der Waals surface area contributed by atoms with Gasteiger partial charge in [-0.15, -0.1) is 0 Å². The van der Waals surface area contributed by atoms with E-state index in [1.54, 1.807) is 7.11 Å². The van der Waals surface area contributed by atoms with Crippen molar-refractivity contribution >= 4 is 13.4 Å². The highest BCUT2D eigenvalue weighted by Crippen LogP contribution is 1.92. The average Bonchev–Trinajstić information content (AvgIpc) is 2.01. The smallest absolute Gasteiger partial charge is 0.163 e. The third kappa shape index (κ3) is 2.72. The lowest BCUT2D eigenvalue weighted by Gasteiger charge is -1.99. The first-order valence-electron chi connectivity index (χ1n) is 3.74. The molecule has 1 aromatic rings. The standard InChI is InChI=1S/C8H12BNO/c1-11-6-5-7-3-2-4-8(9)10-7/h2-4H,5-6,9H2,1H3. The van der Waals surface area contributed by atoms with Gasteiger partial charge in [-0.2, -0.15) is 0 Å². The highest BCUT2D eigenvalue weighted by molar-refractivity contribution is 6.30. The van der Waals surface area contributed by atoms with Crippen molar-refractivity contribution in [3.8, 4) is 0 Å². The van der Waals surface area contributed by atoms with Crippen LogP contribution in [0.5, 0.6) is 0 Å². The summed E-state index contributed by atoms with van der Waals surface area (Å²) >= 11 is 0. The van der Waals surface area contributed by atoms with Crippen LogP contribution in [-0.4, -0.2) is 26.5 Å². The van der Waals surface area contributed by atoms with Gasteiger partial charge in [0.15, 0.2) is 7.85 Å². The van der Waals surface area contributed by atoms with Gasteiger partial charge >= 0.3 is 0 Å².